The number of pyridine rings is 1. The molecule has 2 aromatic carbocycles. The van der Waals surface area contributed by atoms with Gasteiger partial charge in [0.1, 0.15) is 11.4 Å². The van der Waals surface area contributed by atoms with Crippen molar-refractivity contribution in [3.05, 3.63) is 59.3 Å². The molecule has 0 spiro atoms. The Morgan fingerprint density at radius 1 is 1.06 bits per heavy atom. The van der Waals surface area contributed by atoms with Crippen molar-refractivity contribution in [2.45, 2.75) is 73.5 Å². The van der Waals surface area contributed by atoms with Crippen molar-refractivity contribution >= 4 is 23.0 Å². The van der Waals surface area contributed by atoms with Crippen LogP contribution in [-0.4, -0.2) is 22.6 Å². The number of aryl methyl sites for hydroxylation is 1. The maximum atomic E-state index is 12.5. The van der Waals surface area contributed by atoms with E-state index in [2.05, 4.69) is 43.4 Å². The Kier molecular flexibility index (Phi) is 8.15. The summed E-state index contributed by atoms with van der Waals surface area (Å²) in [7, 11) is 0. The molecular weight excluding hydrogens is 440 g/mol. The monoisotopic (exact) mass is 476 g/mol. The molecule has 1 amide bonds. The first kappa shape index (κ1) is 26.2. The van der Waals surface area contributed by atoms with Crippen LogP contribution in [0.4, 0.5) is 4.79 Å². The first-order chi connectivity index (χ1) is 16.5. The summed E-state index contributed by atoms with van der Waals surface area (Å²) < 4.78 is 11.0. The van der Waals surface area contributed by atoms with E-state index in [1.807, 2.05) is 39.8 Å². The molecule has 0 atom stereocenters. The molecule has 6 heteroatoms. The lowest BCUT2D eigenvalue weighted by Crippen LogP contribution is -2.32. The minimum atomic E-state index is -0.593. The van der Waals surface area contributed by atoms with Crippen LogP contribution in [0.25, 0.3) is 22.0 Å². The Hall–Kier alpha value is -3.41. The van der Waals surface area contributed by atoms with Gasteiger partial charge in [-0.3, -0.25) is 9.78 Å². The average molecular weight is 477 g/mol. The minimum absolute atomic E-state index is 0.266. The fourth-order valence-corrected chi connectivity index (χ4v) is 3.87. The molecule has 0 bridgehead atoms. The zero-order chi connectivity index (χ0) is 25.8. The molecule has 6 nitrogen and oxygen atoms in total. The molecule has 1 heterocycles. The van der Waals surface area contributed by atoms with Crippen molar-refractivity contribution in [3.8, 4) is 16.9 Å². The number of carbonyl (C=O) groups is 2. The summed E-state index contributed by atoms with van der Waals surface area (Å²) in [6.07, 6.45) is 0.570. The number of rotatable bonds is 7. The number of ether oxygens (including phenoxy) is 2. The molecule has 3 rings (SSSR count). The number of esters is 1. The fourth-order valence-electron chi connectivity index (χ4n) is 3.87. The van der Waals surface area contributed by atoms with Crippen LogP contribution >= 0.6 is 0 Å². The molecule has 0 radical (unpaired) electrons. The molecule has 186 valence electrons. The summed E-state index contributed by atoms with van der Waals surface area (Å²) in [5.41, 5.74) is 5.21. The topological polar surface area (TPSA) is 77.5 Å². The third-order valence-electron chi connectivity index (χ3n) is 5.41. The molecule has 0 saturated carbocycles. The molecule has 1 aromatic heterocycles. The van der Waals surface area contributed by atoms with Gasteiger partial charge < -0.3 is 14.8 Å². The van der Waals surface area contributed by atoms with Gasteiger partial charge in [0.25, 0.3) is 0 Å². The molecule has 0 unspecified atom stereocenters. The summed E-state index contributed by atoms with van der Waals surface area (Å²) >= 11 is 0. The Balaban J connectivity index is 2.21. The van der Waals surface area contributed by atoms with Gasteiger partial charge in [0.2, 0.25) is 0 Å². The molecule has 0 aliphatic rings. The first-order valence-electron chi connectivity index (χ1n) is 12.2. The van der Waals surface area contributed by atoms with Crippen LogP contribution < -0.4 is 10.1 Å². The highest BCUT2D eigenvalue weighted by Crippen LogP contribution is 2.36. The minimum Gasteiger partial charge on any atom is -0.444 e. The van der Waals surface area contributed by atoms with Gasteiger partial charge >= 0.3 is 12.1 Å². The number of benzene rings is 2. The zero-order valence-corrected chi connectivity index (χ0v) is 21.8. The third-order valence-corrected chi connectivity index (χ3v) is 5.41. The summed E-state index contributed by atoms with van der Waals surface area (Å²) in [4.78, 5) is 29.4. The normalized spacial score (nSPS) is 11.5. The van der Waals surface area contributed by atoms with Gasteiger partial charge in [-0.15, -0.1) is 0 Å². The maximum Gasteiger partial charge on any atom is 0.407 e. The van der Waals surface area contributed by atoms with E-state index in [4.69, 9.17) is 14.5 Å². The van der Waals surface area contributed by atoms with Gasteiger partial charge in [-0.1, -0.05) is 50.6 Å². The third kappa shape index (κ3) is 7.04. The van der Waals surface area contributed by atoms with E-state index < -0.39 is 11.7 Å². The second-order valence-corrected chi connectivity index (χ2v) is 10.2. The van der Waals surface area contributed by atoms with Crippen LogP contribution in [0.15, 0.2) is 42.5 Å². The van der Waals surface area contributed by atoms with Crippen LogP contribution in [0.1, 0.15) is 64.8 Å². The Morgan fingerprint density at radius 2 is 1.74 bits per heavy atom. The second kappa shape index (κ2) is 10.9. The van der Waals surface area contributed by atoms with E-state index in [-0.39, 0.29) is 12.5 Å². The number of alkyl carbamates (subject to hydrolysis) is 1. The van der Waals surface area contributed by atoms with Crippen LogP contribution in [0.5, 0.6) is 5.75 Å². The molecule has 0 saturated heterocycles. The molecule has 1 N–H and O–H groups in total. The highest BCUT2D eigenvalue weighted by molar-refractivity contribution is 5.98. The summed E-state index contributed by atoms with van der Waals surface area (Å²) in [6.45, 7) is 13.9. The smallest absolute Gasteiger partial charge is 0.407 e. The highest BCUT2D eigenvalue weighted by atomic mass is 16.6. The van der Waals surface area contributed by atoms with Crippen molar-refractivity contribution in [2.24, 2.45) is 5.92 Å². The highest BCUT2D eigenvalue weighted by Gasteiger charge is 2.21. The first-order valence-corrected chi connectivity index (χ1v) is 12.2. The molecule has 0 aliphatic heterocycles. The number of carbonyl (C=O) groups excluding carboxylic acids is 2. The molecular formula is C29H36N2O4. The lowest BCUT2D eigenvalue weighted by Gasteiger charge is -2.22. The zero-order valence-electron chi connectivity index (χ0n) is 21.8. The van der Waals surface area contributed by atoms with Crippen molar-refractivity contribution in [3.63, 3.8) is 0 Å². The second-order valence-electron chi connectivity index (χ2n) is 10.2. The predicted octanol–water partition coefficient (Wildman–Crippen LogP) is 6.75. The lowest BCUT2D eigenvalue weighted by molar-refractivity contribution is -0.134. The van der Waals surface area contributed by atoms with Crippen molar-refractivity contribution in [1.29, 1.82) is 0 Å². The largest absolute Gasteiger partial charge is 0.444 e. The summed E-state index contributed by atoms with van der Waals surface area (Å²) in [5, 5.41) is 3.79. The lowest BCUT2D eigenvalue weighted by atomic mass is 9.91. The van der Waals surface area contributed by atoms with Gasteiger partial charge in [-0.05, 0) is 69.4 Å². The van der Waals surface area contributed by atoms with Gasteiger partial charge in [0.15, 0.2) is 0 Å². The quantitative estimate of drug-likeness (QED) is 0.301. The average Bonchev–Trinajstić information content (AvgIpc) is 2.76. The number of hydrogen-bond acceptors (Lipinski definition) is 5. The van der Waals surface area contributed by atoms with Crippen molar-refractivity contribution in [1.82, 2.24) is 10.3 Å². The number of hydrogen-bond donors (Lipinski definition) is 1. The van der Waals surface area contributed by atoms with Crippen molar-refractivity contribution < 1.29 is 19.1 Å². The molecule has 3 aromatic rings. The Bertz CT molecular complexity index is 1210. The van der Waals surface area contributed by atoms with E-state index in [1.165, 1.54) is 0 Å². The number of aromatic nitrogens is 1. The molecule has 0 aliphatic carbocycles. The van der Waals surface area contributed by atoms with Gasteiger partial charge in [0.05, 0.1) is 5.52 Å². The van der Waals surface area contributed by atoms with Crippen LogP contribution in [0.2, 0.25) is 0 Å². The van der Waals surface area contributed by atoms with Gasteiger partial charge in [-0.2, -0.15) is 0 Å². The fraction of sp³-hybridized carbons (Fsp3) is 0.414. The van der Waals surface area contributed by atoms with E-state index in [9.17, 15) is 9.59 Å². The van der Waals surface area contributed by atoms with Crippen LogP contribution in [0, 0.1) is 12.8 Å². The number of amides is 1. The Morgan fingerprint density at radius 3 is 2.34 bits per heavy atom. The SMILES string of the molecule is CCC(=O)Oc1ccc2nc(CC(C)C)c(CNC(=O)OC(C)(C)C)c(-c3ccc(C)cc3)c2c1. The number of nitrogens with zero attached hydrogens (tertiary/aromatic N) is 1. The van der Waals surface area contributed by atoms with Crippen LogP contribution in [-0.2, 0) is 22.5 Å². The predicted molar refractivity (Wildman–Crippen MR) is 139 cm³/mol. The Labute approximate surface area is 208 Å². The summed E-state index contributed by atoms with van der Waals surface area (Å²) in [6, 6.07) is 13.8. The van der Waals surface area contributed by atoms with Crippen molar-refractivity contribution in [2.75, 3.05) is 0 Å². The van der Waals surface area contributed by atoms with E-state index in [0.717, 1.165) is 45.3 Å². The molecule has 35 heavy (non-hydrogen) atoms. The maximum absolute atomic E-state index is 12.5. The number of fused-ring (bicyclic) bond motifs is 1. The van der Waals surface area contributed by atoms with E-state index in [0.29, 0.717) is 18.1 Å². The van der Waals surface area contributed by atoms with E-state index >= 15 is 0 Å². The van der Waals surface area contributed by atoms with Crippen LogP contribution in [0.3, 0.4) is 0 Å². The molecule has 0 fully saturated rings. The van der Waals surface area contributed by atoms with Gasteiger partial charge in [0, 0.05) is 29.6 Å². The summed E-state index contributed by atoms with van der Waals surface area (Å²) in [5.74, 6) is 0.551. The van der Waals surface area contributed by atoms with Gasteiger partial charge in [-0.25, -0.2) is 4.79 Å². The van der Waals surface area contributed by atoms with E-state index in [1.54, 1.807) is 13.0 Å². The standard InChI is InChI=1S/C29H36N2O4/c1-8-26(32)34-21-13-14-24-22(16-21)27(20-11-9-19(4)10-12-20)23(25(31-24)15-18(2)3)17-30-28(33)35-29(5,6)7/h9-14,16,18H,8,15,17H2,1-7H3,(H,30,33). The number of nitrogens with one attached hydrogen (secondary N) is 1.